The molecule has 2 N–H and O–H groups in total. The van der Waals surface area contributed by atoms with Crippen LogP contribution in [0, 0.1) is 28.6 Å². The van der Waals surface area contributed by atoms with Crippen LogP contribution in [0.4, 0.5) is 4.79 Å². The summed E-state index contributed by atoms with van der Waals surface area (Å²) in [4.78, 5) is 30.5. The molecule has 6 nitrogen and oxygen atoms in total. The molecule has 292 valence electrons. The van der Waals surface area contributed by atoms with E-state index in [1.807, 2.05) is 60.4 Å². The predicted molar refractivity (Wildman–Crippen MR) is 218 cm³/mol. The molecule has 1 amide bonds. The zero-order valence-electron chi connectivity index (χ0n) is 33.3. The third kappa shape index (κ3) is 7.58. The van der Waals surface area contributed by atoms with Crippen molar-refractivity contribution in [1.29, 1.82) is 0 Å². The molecule has 3 aromatic rings. The molecule has 0 radical (unpaired) electrons. The Bertz CT molecular complexity index is 1860. The summed E-state index contributed by atoms with van der Waals surface area (Å²) in [6.45, 7) is 7.41. The molecule has 0 aliphatic heterocycles. The molecule has 0 heterocycles. The minimum atomic E-state index is -1.18. The first-order valence-corrected chi connectivity index (χ1v) is 21.3. The van der Waals surface area contributed by atoms with Crippen molar-refractivity contribution in [1.82, 2.24) is 4.90 Å². The Balaban J connectivity index is 1.16. The maximum Gasteiger partial charge on any atom is 0.409 e. The summed E-state index contributed by atoms with van der Waals surface area (Å²) in [5, 5.41) is 24.3. The lowest BCUT2D eigenvalue weighted by Gasteiger charge is -2.58. The molecule has 7 aliphatic carbocycles. The van der Waals surface area contributed by atoms with Gasteiger partial charge in [-0.05, 0) is 155 Å². The molecule has 4 atom stereocenters. The lowest BCUT2D eigenvalue weighted by atomic mass is 9.49. The summed E-state index contributed by atoms with van der Waals surface area (Å²) >= 11 is 0. The van der Waals surface area contributed by atoms with Crippen LogP contribution in [0.5, 0.6) is 0 Å². The van der Waals surface area contributed by atoms with Crippen molar-refractivity contribution in [2.24, 2.45) is 28.6 Å². The first-order chi connectivity index (χ1) is 26.5. The Morgan fingerprint density at radius 3 is 2.20 bits per heavy atom. The van der Waals surface area contributed by atoms with Gasteiger partial charge in [-0.3, -0.25) is 4.79 Å². The lowest BCUT2D eigenvalue weighted by Crippen LogP contribution is -2.58. The van der Waals surface area contributed by atoms with Crippen LogP contribution in [0.1, 0.15) is 131 Å². The van der Waals surface area contributed by atoms with Crippen molar-refractivity contribution in [3.05, 3.63) is 107 Å². The number of allylic oxidation sites excluding steroid dienone is 2. The van der Waals surface area contributed by atoms with Gasteiger partial charge in [0.05, 0.1) is 24.9 Å². The Morgan fingerprint density at radius 2 is 1.53 bits per heavy atom. The number of hydrogen-bond acceptors (Lipinski definition) is 5. The number of ether oxygens (including phenoxy) is 1. The van der Waals surface area contributed by atoms with Crippen LogP contribution >= 0.6 is 0 Å². The van der Waals surface area contributed by atoms with E-state index in [9.17, 15) is 19.8 Å². The van der Waals surface area contributed by atoms with Gasteiger partial charge in [-0.2, -0.15) is 0 Å². The molecule has 3 aromatic carbocycles. The number of carbonyl (C=O) groups is 2. The number of fused-ring (bicyclic) bond motifs is 8. The average molecular weight is 744 g/mol. The van der Waals surface area contributed by atoms with Crippen molar-refractivity contribution < 1.29 is 24.5 Å². The van der Waals surface area contributed by atoms with Gasteiger partial charge < -0.3 is 19.8 Å². The fourth-order valence-corrected chi connectivity index (χ4v) is 12.4. The first kappa shape index (κ1) is 38.1. The summed E-state index contributed by atoms with van der Waals surface area (Å²) in [6, 6.07) is 24.3. The van der Waals surface area contributed by atoms with Crippen LogP contribution in [0.15, 0.2) is 84.4 Å². The number of benzene rings is 3. The molecule has 6 bridgehead atoms. The zero-order chi connectivity index (χ0) is 38.4. The van der Waals surface area contributed by atoms with E-state index in [0.717, 1.165) is 52.8 Å². The molecule has 0 aromatic heterocycles. The van der Waals surface area contributed by atoms with Crippen LogP contribution in [0.3, 0.4) is 0 Å². The molecule has 4 unspecified atom stereocenters. The van der Waals surface area contributed by atoms with Gasteiger partial charge in [0, 0.05) is 23.1 Å². The van der Waals surface area contributed by atoms with Crippen LogP contribution in [0.25, 0.3) is 11.1 Å². The monoisotopic (exact) mass is 743 g/mol. The molecular weight excluding hydrogens is 683 g/mol. The number of aliphatic hydroxyl groups excluding tert-OH is 1. The van der Waals surface area contributed by atoms with Crippen molar-refractivity contribution in [3.63, 3.8) is 0 Å². The highest BCUT2D eigenvalue weighted by molar-refractivity contribution is 6.10. The second-order valence-electron chi connectivity index (χ2n) is 18.7. The number of amides is 1. The van der Waals surface area contributed by atoms with Crippen LogP contribution in [0.2, 0.25) is 0 Å². The van der Waals surface area contributed by atoms with Gasteiger partial charge in [0.2, 0.25) is 0 Å². The van der Waals surface area contributed by atoms with Crippen molar-refractivity contribution in [3.8, 4) is 11.1 Å². The fraction of sp³-hybridized carbons (Fsp3) is 0.551. The van der Waals surface area contributed by atoms with E-state index >= 15 is 0 Å². The average Bonchev–Trinajstić information content (AvgIpc) is 3.41. The minimum absolute atomic E-state index is 0.0402. The highest BCUT2D eigenvalue weighted by atomic mass is 16.6. The number of carbonyl (C=O) groups excluding carboxylic acids is 2. The third-order valence-corrected chi connectivity index (χ3v) is 14.8. The van der Waals surface area contributed by atoms with Gasteiger partial charge in [0.1, 0.15) is 0 Å². The van der Waals surface area contributed by atoms with Crippen LogP contribution < -0.4 is 0 Å². The number of aliphatic hydroxyl groups is 2. The predicted octanol–water partition coefficient (Wildman–Crippen LogP) is 10.3. The lowest BCUT2D eigenvalue weighted by molar-refractivity contribution is -0.103. The molecule has 6 heteroatoms. The van der Waals surface area contributed by atoms with E-state index in [0.29, 0.717) is 56.4 Å². The van der Waals surface area contributed by atoms with Gasteiger partial charge in [-0.25, -0.2) is 4.79 Å². The van der Waals surface area contributed by atoms with E-state index < -0.39 is 17.1 Å². The number of nitrogens with zero attached hydrogens (tertiary/aromatic N) is 1. The van der Waals surface area contributed by atoms with Gasteiger partial charge in [-0.1, -0.05) is 85.3 Å². The molecule has 5 fully saturated rings. The molecule has 0 spiro atoms. The van der Waals surface area contributed by atoms with Gasteiger partial charge in [0.25, 0.3) is 0 Å². The zero-order valence-corrected chi connectivity index (χ0v) is 33.3. The third-order valence-electron chi connectivity index (χ3n) is 14.8. The molecule has 55 heavy (non-hydrogen) atoms. The van der Waals surface area contributed by atoms with Crippen molar-refractivity contribution >= 4 is 11.9 Å². The Morgan fingerprint density at radius 1 is 0.855 bits per heavy atom. The smallest absolute Gasteiger partial charge is 0.409 e. The summed E-state index contributed by atoms with van der Waals surface area (Å²) in [5.74, 6) is 2.13. The van der Waals surface area contributed by atoms with E-state index in [-0.39, 0.29) is 29.8 Å². The topological polar surface area (TPSA) is 87.1 Å². The first-order valence-electron chi connectivity index (χ1n) is 21.3. The summed E-state index contributed by atoms with van der Waals surface area (Å²) in [7, 11) is 0. The van der Waals surface area contributed by atoms with E-state index in [1.54, 1.807) is 0 Å². The maximum atomic E-state index is 14.7. The SMILES string of the molecule is CCOC(=O)N(CC12CC3CC(CC(C3)C1)C2)CC1(O)CCC2c3ccc(cc3C(=O)c3ccc(-c4ccccc4)cc3)CC(O)CCC(C)=CCCC21C. The quantitative estimate of drug-likeness (QED) is 0.177. The van der Waals surface area contributed by atoms with E-state index in [2.05, 4.69) is 44.2 Å². The Kier molecular flexibility index (Phi) is 10.6. The molecular formula is C49H61NO5. The summed E-state index contributed by atoms with van der Waals surface area (Å²) < 4.78 is 5.76. The number of ketones is 1. The summed E-state index contributed by atoms with van der Waals surface area (Å²) in [6.07, 6.45) is 13.7. The summed E-state index contributed by atoms with van der Waals surface area (Å²) in [5.41, 5.74) is 4.87. The molecule has 5 saturated carbocycles. The number of hydrogen-bond donors (Lipinski definition) is 2. The molecule has 0 saturated heterocycles. The standard InChI is InChI=1S/C49H61NO5/c1-4-55-46(53)50(31-48-28-35-23-36(29-48)25-37(24-35)30-48)32-49(54)22-20-44-42-19-13-34(26-41(51)18-12-33(2)9-8-21-47(44,49)3)27-43(42)45(52)40-16-14-39(15-17-40)38-10-6-5-7-11-38/h5-7,9-11,13-17,19,27,35-37,41,44,51,54H,4,8,12,18,20-26,28-32H2,1-3H3. The Labute approximate surface area is 328 Å². The highest BCUT2D eigenvalue weighted by Crippen LogP contribution is 2.62. The van der Waals surface area contributed by atoms with Gasteiger partial charge in [0.15, 0.2) is 5.78 Å². The maximum absolute atomic E-state index is 14.7. The normalized spacial score (nSPS) is 32.7. The molecule has 10 rings (SSSR count). The van der Waals surface area contributed by atoms with Gasteiger partial charge >= 0.3 is 6.09 Å². The number of rotatable bonds is 8. The second-order valence-corrected chi connectivity index (χ2v) is 18.7. The van der Waals surface area contributed by atoms with Crippen LogP contribution in [-0.4, -0.2) is 58.4 Å². The van der Waals surface area contributed by atoms with Crippen LogP contribution in [-0.2, 0) is 11.2 Å². The van der Waals surface area contributed by atoms with Gasteiger partial charge in [-0.15, -0.1) is 0 Å². The minimum Gasteiger partial charge on any atom is -0.450 e. The van der Waals surface area contributed by atoms with E-state index in [1.165, 1.54) is 44.1 Å². The fourth-order valence-electron chi connectivity index (χ4n) is 12.4. The van der Waals surface area contributed by atoms with Crippen molar-refractivity contribution in [2.75, 3.05) is 19.7 Å². The Hall–Kier alpha value is -3.74. The highest BCUT2D eigenvalue weighted by Gasteiger charge is 2.59. The molecule has 7 aliphatic rings. The largest absolute Gasteiger partial charge is 0.450 e. The second kappa shape index (κ2) is 15.3. The van der Waals surface area contributed by atoms with E-state index in [4.69, 9.17) is 4.74 Å². The van der Waals surface area contributed by atoms with Crippen molar-refractivity contribution in [2.45, 2.75) is 122 Å².